The summed E-state index contributed by atoms with van der Waals surface area (Å²) in [5.74, 6) is 4.88. The molecule has 3 unspecified atom stereocenters. The molecule has 4 aromatic heterocycles. The Hall–Kier alpha value is -6.26. The van der Waals surface area contributed by atoms with Crippen molar-refractivity contribution in [3.8, 4) is 0 Å². The van der Waals surface area contributed by atoms with Crippen molar-refractivity contribution in [3.63, 3.8) is 0 Å². The van der Waals surface area contributed by atoms with Gasteiger partial charge < -0.3 is 58.7 Å². The largest absolute Gasteiger partial charge is 0.491 e. The van der Waals surface area contributed by atoms with E-state index in [0.717, 1.165) is 150 Å². The number of aryl methyl sites for hydroxylation is 2. The summed E-state index contributed by atoms with van der Waals surface area (Å²) < 4.78 is 34.5. The predicted molar refractivity (Wildman–Crippen MR) is 284 cm³/mol. The number of fused-ring (bicyclic) bond motifs is 4. The number of amides is 2. The molecule has 0 saturated carbocycles. The van der Waals surface area contributed by atoms with Gasteiger partial charge in [-0.2, -0.15) is 20.2 Å². The van der Waals surface area contributed by atoms with E-state index in [9.17, 15) is 9.59 Å². The van der Waals surface area contributed by atoms with Gasteiger partial charge in [0.25, 0.3) is 0 Å². The van der Waals surface area contributed by atoms with Gasteiger partial charge in [0.05, 0.1) is 44.8 Å². The highest BCUT2D eigenvalue weighted by Crippen LogP contribution is 2.40. The summed E-state index contributed by atoms with van der Waals surface area (Å²) in [4.78, 5) is 54.5. The summed E-state index contributed by atoms with van der Waals surface area (Å²) in [6.45, 7) is 8.01. The van der Waals surface area contributed by atoms with Gasteiger partial charge in [0.1, 0.15) is 35.3 Å². The van der Waals surface area contributed by atoms with Gasteiger partial charge in [0, 0.05) is 125 Å². The molecule has 22 heteroatoms. The van der Waals surface area contributed by atoms with Crippen LogP contribution in [0.15, 0.2) is 30.3 Å². The molecule has 76 heavy (non-hydrogen) atoms. The number of H-pyrrole nitrogens is 2. The van der Waals surface area contributed by atoms with E-state index in [1.807, 2.05) is 47.9 Å². The van der Waals surface area contributed by atoms with Gasteiger partial charge in [-0.3, -0.25) is 10.2 Å². The molecule has 410 valence electrons. The van der Waals surface area contributed by atoms with Gasteiger partial charge >= 0.3 is 12.2 Å². The molecule has 2 amide bonds. The third-order valence-corrected chi connectivity index (χ3v) is 16.5. The summed E-state index contributed by atoms with van der Waals surface area (Å²) in [5.41, 5.74) is 3.60. The minimum absolute atomic E-state index is 0.0206. The molecule has 0 radical (unpaired) electrons. The van der Waals surface area contributed by atoms with Crippen LogP contribution in [0.5, 0.6) is 0 Å². The van der Waals surface area contributed by atoms with Crippen LogP contribution < -0.4 is 20.4 Å². The van der Waals surface area contributed by atoms with Crippen LogP contribution in [-0.2, 0) is 28.4 Å². The Labute approximate surface area is 444 Å². The van der Waals surface area contributed by atoms with Crippen LogP contribution in [-0.4, -0.2) is 165 Å². The zero-order valence-corrected chi connectivity index (χ0v) is 44.6. The Bertz CT molecular complexity index is 2620. The number of hydrogen-bond acceptors (Lipinski definition) is 18. The Morgan fingerprint density at radius 1 is 0.592 bits per heavy atom. The van der Waals surface area contributed by atoms with E-state index in [1.54, 1.807) is 0 Å². The van der Waals surface area contributed by atoms with Crippen molar-refractivity contribution in [2.75, 3.05) is 74.2 Å². The van der Waals surface area contributed by atoms with Crippen molar-refractivity contribution in [1.82, 2.24) is 50.1 Å². The van der Waals surface area contributed by atoms with Gasteiger partial charge in [-0.1, -0.05) is 0 Å². The summed E-state index contributed by atoms with van der Waals surface area (Å²) in [6.07, 6.45) is 17.5. The number of aromatic amines is 2. The molecule has 12 heterocycles. The van der Waals surface area contributed by atoms with E-state index >= 15 is 0 Å². The van der Waals surface area contributed by atoms with Gasteiger partial charge in [0.15, 0.2) is 11.6 Å². The van der Waals surface area contributed by atoms with Gasteiger partial charge in [-0.25, -0.2) is 19.6 Å². The van der Waals surface area contributed by atoms with Crippen molar-refractivity contribution in [3.05, 3.63) is 53.1 Å². The van der Waals surface area contributed by atoms with E-state index in [4.69, 9.17) is 48.4 Å². The molecule has 12 rings (SSSR count). The highest BCUT2D eigenvalue weighted by atomic mass is 16.6. The molecular weight excluding hydrogens is 973 g/mol. The summed E-state index contributed by atoms with van der Waals surface area (Å²) in [5, 5.41) is 21.2. The monoisotopic (exact) mass is 1050 g/mol. The minimum atomic E-state index is -0.156. The van der Waals surface area contributed by atoms with Gasteiger partial charge in [0.2, 0.25) is 11.9 Å². The maximum absolute atomic E-state index is 13.2. The van der Waals surface area contributed by atoms with Crippen LogP contribution in [0.3, 0.4) is 0 Å². The lowest BCUT2D eigenvalue weighted by molar-refractivity contribution is -0.0351. The normalized spacial score (nSPS) is 26.6. The van der Waals surface area contributed by atoms with E-state index in [-0.39, 0.29) is 66.7 Å². The third kappa shape index (κ3) is 12.1. The lowest BCUT2D eigenvalue weighted by Gasteiger charge is -2.50. The second-order valence-corrected chi connectivity index (χ2v) is 21.9. The number of anilines is 6. The van der Waals surface area contributed by atoms with Gasteiger partial charge in [-0.05, 0) is 97.0 Å². The molecular formula is C54H76N14O8. The molecule has 8 aliphatic heterocycles. The van der Waals surface area contributed by atoms with Crippen LogP contribution in [0.2, 0.25) is 0 Å². The average Bonchev–Trinajstić information content (AvgIpc) is 4.30. The molecule has 7 atom stereocenters. The van der Waals surface area contributed by atoms with E-state index in [1.165, 1.54) is 0 Å². The number of nitrogens with zero attached hydrogens (tertiary/aromatic N) is 10. The number of nitrogens with one attached hydrogen (secondary N) is 4. The molecule has 7 fully saturated rings. The summed E-state index contributed by atoms with van der Waals surface area (Å²) >= 11 is 0. The lowest BCUT2D eigenvalue weighted by Crippen LogP contribution is -2.59. The number of rotatable bonds is 12. The Kier molecular flexibility index (Phi) is 16.1. The molecule has 0 aliphatic carbocycles. The second-order valence-electron chi connectivity index (χ2n) is 21.9. The quantitative estimate of drug-likeness (QED) is 0.104. The first kappa shape index (κ1) is 51.8. The summed E-state index contributed by atoms with van der Waals surface area (Å²) in [6, 6.07) is 8.89. The smallest absolute Gasteiger partial charge is 0.410 e. The minimum Gasteiger partial charge on any atom is -0.491 e. The van der Waals surface area contributed by atoms with Crippen molar-refractivity contribution >= 4 is 53.1 Å². The number of carbonyl (C=O) groups excluding carboxylic acids is 2. The Morgan fingerprint density at radius 2 is 1.09 bits per heavy atom. The molecule has 4 N–H and O–H groups in total. The van der Waals surface area contributed by atoms with Crippen LogP contribution >= 0.6 is 0 Å². The fourth-order valence-corrected chi connectivity index (χ4v) is 12.5. The topological polar surface area (TPSA) is 235 Å². The average molecular weight is 1050 g/mol. The zero-order chi connectivity index (χ0) is 52.1. The highest BCUT2D eigenvalue weighted by molar-refractivity contribution is 5.70. The lowest BCUT2D eigenvalue weighted by atomic mass is 9.81. The fraction of sp³-hybridized carbons (Fsp3) is 0.667. The van der Waals surface area contributed by atoms with E-state index in [2.05, 4.69) is 61.0 Å². The number of ether oxygens (including phenoxy) is 6. The number of piperidine rings is 4. The second kappa shape index (κ2) is 23.5. The van der Waals surface area contributed by atoms with E-state index in [0.29, 0.717) is 62.4 Å². The first-order chi connectivity index (χ1) is 37.1. The van der Waals surface area contributed by atoms with Crippen molar-refractivity contribution in [2.45, 2.75) is 178 Å². The summed E-state index contributed by atoms with van der Waals surface area (Å²) in [7, 11) is 4.13. The zero-order valence-electron chi connectivity index (χ0n) is 44.6. The molecule has 0 spiro atoms. The van der Waals surface area contributed by atoms with Crippen LogP contribution in [0.1, 0.15) is 138 Å². The molecule has 8 aliphatic rings. The molecule has 22 nitrogen and oxygen atoms in total. The maximum atomic E-state index is 13.2. The fourth-order valence-electron chi connectivity index (χ4n) is 12.5. The Morgan fingerprint density at radius 3 is 1.54 bits per heavy atom. The van der Waals surface area contributed by atoms with Crippen molar-refractivity contribution in [1.29, 1.82) is 0 Å². The van der Waals surface area contributed by atoms with Gasteiger partial charge in [-0.15, -0.1) is 0 Å². The SMILES string of the molecule is Cc1cc(Nc2cc(C3=CCCO3)nc(N(C)C3C[C@H]4CCC[C@@H](C3)N4C(=O)OC3CCOCC3)n2)n[nH]1.Cc1cc(Nc2cc(C3CCCO3)nc(N(C)C3C[C@H]4CCC[C@@H](C3)N4C(=O)OC3CCOCC3)n2)n[nH]1. The van der Waals surface area contributed by atoms with Crippen LogP contribution in [0, 0.1) is 13.8 Å². The highest BCUT2D eigenvalue weighted by Gasteiger charge is 2.46. The molecule has 7 saturated heterocycles. The molecule has 4 aromatic rings. The number of carbonyl (C=O) groups is 2. The maximum Gasteiger partial charge on any atom is 0.410 e. The van der Waals surface area contributed by atoms with Crippen molar-refractivity contribution < 1.29 is 38.0 Å². The van der Waals surface area contributed by atoms with E-state index < -0.39 is 0 Å². The number of aromatic nitrogens is 8. The van der Waals surface area contributed by atoms with Crippen LogP contribution in [0.4, 0.5) is 44.8 Å². The molecule has 4 bridgehead atoms. The standard InChI is InChI=1S/C27H39N7O4.C27H37N7O4/c2*1-17-13-25(32-31-17)29-24-16-22(23-7-4-10-37-23)28-26(30-24)33(2)20-14-18-5-3-6-19(15-20)34(18)27(35)38-21-8-11-36-12-9-21/h13,16,18-21,23H,3-12,14-15H2,1-2H3,(H2,28,29,30,31,32);7,13,16,18-21H,3-6,8-12,14-15H2,1-2H3,(H2,28,29,30,31,32)/t18-,19+,20?,23?;18-,19+,20?. The van der Waals surface area contributed by atoms with Crippen LogP contribution in [0.25, 0.3) is 5.76 Å². The Balaban J connectivity index is 0.000000162. The third-order valence-electron chi connectivity index (χ3n) is 16.5. The first-order valence-electron chi connectivity index (χ1n) is 28.0. The predicted octanol–water partition coefficient (Wildman–Crippen LogP) is 8.39. The molecule has 0 aromatic carbocycles. The number of hydrogen-bond donors (Lipinski definition) is 4. The first-order valence-corrected chi connectivity index (χ1v) is 28.0. The van der Waals surface area contributed by atoms with Crippen molar-refractivity contribution in [2.24, 2.45) is 0 Å².